The summed E-state index contributed by atoms with van der Waals surface area (Å²) < 4.78 is 27.2. The highest BCUT2D eigenvalue weighted by Crippen LogP contribution is 2.28. The van der Waals surface area contributed by atoms with E-state index in [2.05, 4.69) is 5.32 Å². The van der Waals surface area contributed by atoms with Crippen LogP contribution in [0.3, 0.4) is 0 Å². The molecule has 1 fully saturated rings. The van der Waals surface area contributed by atoms with Crippen molar-refractivity contribution >= 4 is 45.2 Å². The highest BCUT2D eigenvalue weighted by molar-refractivity contribution is 7.89. The van der Waals surface area contributed by atoms with Crippen LogP contribution in [0.5, 0.6) is 0 Å². The fourth-order valence-electron chi connectivity index (χ4n) is 3.40. The third-order valence-corrected chi connectivity index (χ3v) is 7.57. The molecular formula is C20H22Cl2N4O4S. The van der Waals surface area contributed by atoms with E-state index in [9.17, 15) is 18.0 Å². The number of urea groups is 1. The third-order valence-electron chi connectivity index (χ3n) is 4.96. The van der Waals surface area contributed by atoms with Crippen LogP contribution < -0.4 is 11.1 Å². The standard InChI is InChI=1S/C20H22Cl2N4O4S/c21-15-6-7-16(22)18(13-15)31(29,30)26-10-8-25(9-11-26)19(27)17(24-20(23)28)12-14-4-2-1-3-5-14/h1-7,13,17H,8-12H2,(H3,23,24,28)/t17-/m1/s1. The first-order valence-electron chi connectivity index (χ1n) is 9.52. The molecular weight excluding hydrogens is 463 g/mol. The maximum absolute atomic E-state index is 13.0. The van der Waals surface area contributed by atoms with Crippen LogP contribution in [0.25, 0.3) is 0 Å². The van der Waals surface area contributed by atoms with Crippen LogP contribution >= 0.6 is 23.2 Å². The molecule has 1 aliphatic heterocycles. The molecule has 0 radical (unpaired) electrons. The molecule has 0 spiro atoms. The number of piperazine rings is 1. The molecule has 2 aromatic carbocycles. The summed E-state index contributed by atoms with van der Waals surface area (Å²) >= 11 is 12.0. The third kappa shape index (κ3) is 5.68. The van der Waals surface area contributed by atoms with Gasteiger partial charge in [0.15, 0.2) is 0 Å². The second-order valence-corrected chi connectivity index (χ2v) is 9.81. The maximum Gasteiger partial charge on any atom is 0.312 e. The first-order valence-corrected chi connectivity index (χ1v) is 11.7. The molecule has 0 aromatic heterocycles. The summed E-state index contributed by atoms with van der Waals surface area (Å²) in [6, 6.07) is 11.8. The van der Waals surface area contributed by atoms with E-state index < -0.39 is 22.1 Å². The van der Waals surface area contributed by atoms with E-state index in [1.807, 2.05) is 30.3 Å². The molecule has 0 unspecified atom stereocenters. The van der Waals surface area contributed by atoms with Gasteiger partial charge in [-0.3, -0.25) is 4.79 Å². The fourth-order valence-corrected chi connectivity index (χ4v) is 5.56. The number of hydrogen-bond acceptors (Lipinski definition) is 4. The zero-order chi connectivity index (χ0) is 22.6. The summed E-state index contributed by atoms with van der Waals surface area (Å²) in [5.41, 5.74) is 6.12. The van der Waals surface area contributed by atoms with Crippen molar-refractivity contribution in [2.75, 3.05) is 26.2 Å². The lowest BCUT2D eigenvalue weighted by atomic mass is 10.0. The van der Waals surface area contributed by atoms with Crippen molar-refractivity contribution < 1.29 is 18.0 Å². The highest BCUT2D eigenvalue weighted by Gasteiger charge is 2.34. The minimum atomic E-state index is -3.86. The first-order chi connectivity index (χ1) is 14.7. The van der Waals surface area contributed by atoms with Crippen molar-refractivity contribution in [1.29, 1.82) is 0 Å². The summed E-state index contributed by atoms with van der Waals surface area (Å²) in [4.78, 5) is 25.9. The molecule has 166 valence electrons. The summed E-state index contributed by atoms with van der Waals surface area (Å²) in [5, 5.41) is 2.83. The number of nitrogens with zero attached hydrogens (tertiary/aromatic N) is 2. The molecule has 31 heavy (non-hydrogen) atoms. The second kappa shape index (κ2) is 9.86. The average molecular weight is 485 g/mol. The van der Waals surface area contributed by atoms with Crippen molar-refractivity contribution in [3.05, 3.63) is 64.1 Å². The number of carbonyl (C=O) groups is 2. The maximum atomic E-state index is 13.0. The number of carbonyl (C=O) groups excluding carboxylic acids is 2. The Bertz CT molecular complexity index is 1060. The largest absolute Gasteiger partial charge is 0.352 e. The Morgan fingerprint density at radius 2 is 1.68 bits per heavy atom. The quantitative estimate of drug-likeness (QED) is 0.653. The topological polar surface area (TPSA) is 113 Å². The SMILES string of the molecule is NC(=O)N[C@H](Cc1ccccc1)C(=O)N1CCN(S(=O)(=O)c2cc(Cl)ccc2Cl)CC1. The molecule has 1 saturated heterocycles. The summed E-state index contributed by atoms with van der Waals surface area (Å²) in [6.07, 6.45) is 0.277. The summed E-state index contributed by atoms with van der Waals surface area (Å²) in [7, 11) is -3.86. The lowest BCUT2D eigenvalue weighted by molar-refractivity contribution is -0.134. The molecule has 0 bridgehead atoms. The molecule has 1 heterocycles. The number of sulfonamides is 1. The minimum Gasteiger partial charge on any atom is -0.352 e. The van der Waals surface area contributed by atoms with Crippen LogP contribution in [0, 0.1) is 0 Å². The second-order valence-electron chi connectivity index (χ2n) is 7.06. The van der Waals surface area contributed by atoms with E-state index in [-0.39, 0.29) is 53.4 Å². The monoisotopic (exact) mass is 484 g/mol. The molecule has 0 aliphatic carbocycles. The van der Waals surface area contributed by atoms with Crippen LogP contribution in [0.4, 0.5) is 4.79 Å². The van der Waals surface area contributed by atoms with Gasteiger partial charge in [-0.05, 0) is 23.8 Å². The van der Waals surface area contributed by atoms with Gasteiger partial charge in [0, 0.05) is 37.6 Å². The lowest BCUT2D eigenvalue weighted by Crippen LogP contribution is -2.56. The van der Waals surface area contributed by atoms with E-state index in [1.165, 1.54) is 27.4 Å². The Morgan fingerprint density at radius 1 is 1.03 bits per heavy atom. The van der Waals surface area contributed by atoms with Gasteiger partial charge >= 0.3 is 6.03 Å². The molecule has 3 amide bonds. The van der Waals surface area contributed by atoms with Crippen LogP contribution in [-0.4, -0.2) is 61.8 Å². The Hall–Kier alpha value is -2.33. The van der Waals surface area contributed by atoms with Crippen LogP contribution in [0.1, 0.15) is 5.56 Å². The zero-order valence-corrected chi connectivity index (χ0v) is 18.8. The number of nitrogens with one attached hydrogen (secondary N) is 1. The molecule has 11 heteroatoms. The van der Waals surface area contributed by atoms with Gasteiger partial charge in [0.05, 0.1) is 5.02 Å². The highest BCUT2D eigenvalue weighted by atomic mass is 35.5. The molecule has 1 atom stereocenters. The predicted molar refractivity (Wildman–Crippen MR) is 118 cm³/mol. The zero-order valence-electron chi connectivity index (χ0n) is 16.5. The van der Waals surface area contributed by atoms with E-state index in [1.54, 1.807) is 0 Å². The number of benzene rings is 2. The van der Waals surface area contributed by atoms with Gasteiger partial charge in [0.1, 0.15) is 10.9 Å². The Morgan fingerprint density at radius 3 is 2.29 bits per heavy atom. The lowest BCUT2D eigenvalue weighted by Gasteiger charge is -2.36. The fraction of sp³-hybridized carbons (Fsp3) is 0.300. The predicted octanol–water partition coefficient (Wildman–Crippen LogP) is 2.11. The van der Waals surface area contributed by atoms with Crippen LogP contribution in [-0.2, 0) is 21.2 Å². The molecule has 3 rings (SSSR count). The van der Waals surface area contributed by atoms with Crippen molar-refractivity contribution in [2.45, 2.75) is 17.4 Å². The smallest absolute Gasteiger partial charge is 0.312 e. The van der Waals surface area contributed by atoms with Gasteiger partial charge in [-0.2, -0.15) is 4.31 Å². The van der Waals surface area contributed by atoms with Crippen LogP contribution in [0.15, 0.2) is 53.4 Å². The number of halogens is 2. The van der Waals surface area contributed by atoms with Gasteiger partial charge < -0.3 is 16.0 Å². The van der Waals surface area contributed by atoms with Crippen molar-refractivity contribution in [3.63, 3.8) is 0 Å². The molecule has 1 aliphatic rings. The van der Waals surface area contributed by atoms with Gasteiger partial charge in [-0.15, -0.1) is 0 Å². The summed E-state index contributed by atoms with van der Waals surface area (Å²) in [5.74, 6) is -0.319. The average Bonchev–Trinajstić information content (AvgIpc) is 2.75. The summed E-state index contributed by atoms with van der Waals surface area (Å²) in [6.45, 7) is 0.515. The number of rotatable bonds is 6. The van der Waals surface area contributed by atoms with Crippen molar-refractivity contribution in [2.24, 2.45) is 5.73 Å². The number of nitrogens with two attached hydrogens (primary N) is 1. The van der Waals surface area contributed by atoms with E-state index >= 15 is 0 Å². The molecule has 3 N–H and O–H groups in total. The molecule has 8 nitrogen and oxygen atoms in total. The van der Waals surface area contributed by atoms with Crippen molar-refractivity contribution in [1.82, 2.24) is 14.5 Å². The van der Waals surface area contributed by atoms with Crippen LogP contribution in [0.2, 0.25) is 10.0 Å². The Labute approximate surface area is 191 Å². The first kappa shape index (κ1) is 23.3. The molecule has 2 aromatic rings. The van der Waals surface area contributed by atoms with Gasteiger partial charge in [0.2, 0.25) is 15.9 Å². The van der Waals surface area contributed by atoms with Gasteiger partial charge in [-0.25, -0.2) is 13.2 Å². The normalized spacial score (nSPS) is 16.0. The minimum absolute atomic E-state index is 0.0706. The van der Waals surface area contributed by atoms with E-state index in [0.29, 0.717) is 0 Å². The number of hydrogen-bond donors (Lipinski definition) is 2. The van der Waals surface area contributed by atoms with Crippen molar-refractivity contribution in [3.8, 4) is 0 Å². The number of amides is 3. The molecule has 0 saturated carbocycles. The van der Waals surface area contributed by atoms with E-state index in [4.69, 9.17) is 28.9 Å². The Kier molecular flexibility index (Phi) is 7.42. The Balaban J connectivity index is 1.70. The van der Waals surface area contributed by atoms with E-state index in [0.717, 1.165) is 5.56 Å². The number of primary amides is 1. The van der Waals surface area contributed by atoms with Gasteiger partial charge in [0.25, 0.3) is 0 Å². The van der Waals surface area contributed by atoms with Gasteiger partial charge in [-0.1, -0.05) is 53.5 Å².